The van der Waals surface area contributed by atoms with Gasteiger partial charge < -0.3 is 44.2 Å². The predicted molar refractivity (Wildman–Crippen MR) is 193 cm³/mol. The molecule has 0 amide bonds. The Morgan fingerprint density at radius 2 is 1.69 bits per heavy atom. The molecule has 1 atom stereocenters. The number of aryl methyl sites for hydroxylation is 1. The molecule has 6 heterocycles. The molecular weight excluding hydrogens is 670 g/mol. The number of nitrogens with zero attached hydrogens (tertiary/aromatic N) is 10. The van der Waals surface area contributed by atoms with Gasteiger partial charge in [-0.1, -0.05) is 5.10 Å². The van der Waals surface area contributed by atoms with E-state index in [-0.39, 0.29) is 18.0 Å². The molecule has 4 aromatic heterocycles. The number of nitro groups is 1. The molecule has 1 unspecified atom stereocenters. The molecule has 52 heavy (non-hydrogen) atoms. The van der Waals surface area contributed by atoms with Crippen molar-refractivity contribution < 1.29 is 23.9 Å². The fourth-order valence-electron chi connectivity index (χ4n) is 6.89. The number of hydrogen-bond acceptors (Lipinski definition) is 15. The Morgan fingerprint density at radius 1 is 0.962 bits per heavy atom. The fourth-order valence-corrected chi connectivity index (χ4v) is 6.89. The normalized spacial score (nSPS) is 20.8. The minimum absolute atomic E-state index is 0.0489. The number of morpholine rings is 1. The van der Waals surface area contributed by atoms with E-state index in [1.807, 2.05) is 12.1 Å². The van der Waals surface area contributed by atoms with E-state index in [2.05, 4.69) is 42.1 Å². The van der Waals surface area contributed by atoms with Gasteiger partial charge in [0.05, 0.1) is 48.9 Å². The van der Waals surface area contributed by atoms with Gasteiger partial charge in [0.25, 0.3) is 0 Å². The van der Waals surface area contributed by atoms with Crippen LogP contribution in [0.15, 0.2) is 36.9 Å². The average Bonchev–Trinajstić information content (AvgIpc) is 3.56. The van der Waals surface area contributed by atoms with Gasteiger partial charge in [-0.2, -0.15) is 4.98 Å². The molecule has 0 bridgehead atoms. The number of aromatic nitrogens is 6. The number of ether oxygens (including phenoxy) is 4. The number of fused-ring (bicyclic) bond motifs is 1. The Balaban J connectivity index is 0.981. The van der Waals surface area contributed by atoms with E-state index in [4.69, 9.17) is 28.9 Å². The predicted octanol–water partition coefficient (Wildman–Crippen LogP) is 3.47. The first kappa shape index (κ1) is 35.5. The molecule has 278 valence electrons. The van der Waals surface area contributed by atoms with Crippen LogP contribution in [0.25, 0.3) is 10.9 Å². The maximum absolute atomic E-state index is 11.7. The van der Waals surface area contributed by atoms with Crippen molar-refractivity contribution in [2.24, 2.45) is 7.05 Å². The lowest BCUT2D eigenvalue weighted by molar-refractivity contribution is -0.393. The van der Waals surface area contributed by atoms with Crippen molar-refractivity contribution in [2.45, 2.75) is 50.9 Å². The molecule has 0 spiro atoms. The Labute approximate surface area is 302 Å². The summed E-state index contributed by atoms with van der Waals surface area (Å²) < 4.78 is 25.5. The quantitative estimate of drug-likeness (QED) is 0.157. The van der Waals surface area contributed by atoms with Crippen LogP contribution in [0.2, 0.25) is 0 Å². The van der Waals surface area contributed by atoms with Crippen LogP contribution in [0.1, 0.15) is 44.3 Å². The molecule has 1 N–H and O–H groups in total. The molecule has 3 aliphatic rings. The van der Waals surface area contributed by atoms with Gasteiger partial charge in [-0.15, -0.1) is 4.68 Å². The van der Waals surface area contributed by atoms with Crippen LogP contribution in [-0.4, -0.2) is 129 Å². The molecule has 17 nitrogen and oxygen atoms in total. The minimum atomic E-state index is -0.638. The van der Waals surface area contributed by atoms with Crippen molar-refractivity contribution in [1.82, 2.24) is 39.5 Å². The number of likely N-dealkylation sites (N-methyl/N-ethyl adjacent to an activating group) is 1. The third kappa shape index (κ3) is 8.59. The van der Waals surface area contributed by atoms with Gasteiger partial charge in [0.1, 0.15) is 43.0 Å². The molecule has 4 aromatic rings. The molecular formula is C35H47N11O6. The van der Waals surface area contributed by atoms with E-state index >= 15 is 0 Å². The summed E-state index contributed by atoms with van der Waals surface area (Å²) in [6.07, 6.45) is 9.27. The SMILES string of the molecule is CC(Oc1cnc2cc(N3CCOCC3)nc(OC3CCC(Nc4ncc(OCCN5CCN(C)CC5)cn4)CC3)c2c1)c1cnn(C)c1[N+](=O)[O-]. The first-order chi connectivity index (χ1) is 25.3. The highest BCUT2D eigenvalue weighted by Gasteiger charge is 2.27. The third-order valence-corrected chi connectivity index (χ3v) is 9.99. The van der Waals surface area contributed by atoms with E-state index in [0.29, 0.717) is 54.1 Å². The van der Waals surface area contributed by atoms with Crippen molar-refractivity contribution in [1.29, 1.82) is 0 Å². The van der Waals surface area contributed by atoms with Crippen LogP contribution < -0.4 is 24.4 Å². The van der Waals surface area contributed by atoms with Crippen LogP contribution in [0.3, 0.4) is 0 Å². The number of pyridine rings is 2. The number of nitrogens with one attached hydrogen (secondary N) is 1. The lowest BCUT2D eigenvalue weighted by atomic mass is 9.93. The summed E-state index contributed by atoms with van der Waals surface area (Å²) in [5.41, 5.74) is 1.10. The number of piperazine rings is 1. The molecule has 2 aliphatic heterocycles. The lowest BCUT2D eigenvalue weighted by Crippen LogP contribution is -2.45. The smallest absolute Gasteiger partial charge is 0.351 e. The van der Waals surface area contributed by atoms with Gasteiger partial charge >= 0.3 is 5.82 Å². The zero-order valence-corrected chi connectivity index (χ0v) is 30.0. The summed E-state index contributed by atoms with van der Waals surface area (Å²) >= 11 is 0. The third-order valence-electron chi connectivity index (χ3n) is 9.99. The number of rotatable bonds is 13. The van der Waals surface area contributed by atoms with Crippen molar-refractivity contribution in [3.8, 4) is 17.4 Å². The Morgan fingerprint density at radius 3 is 2.42 bits per heavy atom. The molecule has 7 rings (SSSR count). The molecule has 2 saturated heterocycles. The maximum atomic E-state index is 11.7. The second kappa shape index (κ2) is 16.2. The highest BCUT2D eigenvalue weighted by molar-refractivity contribution is 5.87. The highest BCUT2D eigenvalue weighted by atomic mass is 16.6. The van der Waals surface area contributed by atoms with E-state index < -0.39 is 11.0 Å². The van der Waals surface area contributed by atoms with Gasteiger partial charge in [-0.05, 0) is 50.6 Å². The zero-order chi connectivity index (χ0) is 36.0. The van der Waals surface area contributed by atoms with Crippen LogP contribution in [0.4, 0.5) is 17.6 Å². The lowest BCUT2D eigenvalue weighted by Gasteiger charge is -2.32. The average molecular weight is 718 g/mol. The van der Waals surface area contributed by atoms with Crippen molar-refractivity contribution in [3.05, 3.63) is 52.6 Å². The highest BCUT2D eigenvalue weighted by Crippen LogP contribution is 2.35. The second-order valence-electron chi connectivity index (χ2n) is 13.7. The summed E-state index contributed by atoms with van der Waals surface area (Å²) in [5, 5.41) is 19.9. The maximum Gasteiger partial charge on any atom is 0.351 e. The molecule has 1 saturated carbocycles. The topological polar surface area (TPSA) is 171 Å². The Hall–Kier alpha value is -4.87. The first-order valence-electron chi connectivity index (χ1n) is 18.0. The van der Waals surface area contributed by atoms with Gasteiger partial charge in [-0.25, -0.2) is 9.97 Å². The number of hydrogen-bond donors (Lipinski definition) is 1. The molecule has 0 aromatic carbocycles. The van der Waals surface area contributed by atoms with Gasteiger partial charge in [0, 0.05) is 57.9 Å². The molecule has 17 heteroatoms. The van der Waals surface area contributed by atoms with Crippen LogP contribution in [0, 0.1) is 10.1 Å². The van der Waals surface area contributed by atoms with E-state index in [1.54, 1.807) is 25.5 Å². The van der Waals surface area contributed by atoms with Crippen molar-refractivity contribution in [3.63, 3.8) is 0 Å². The summed E-state index contributed by atoms with van der Waals surface area (Å²) in [6, 6.07) is 4.02. The van der Waals surface area contributed by atoms with E-state index in [1.165, 1.54) is 17.9 Å². The monoisotopic (exact) mass is 717 g/mol. The zero-order valence-electron chi connectivity index (χ0n) is 30.0. The summed E-state index contributed by atoms with van der Waals surface area (Å²) in [6.45, 7) is 10.3. The van der Waals surface area contributed by atoms with Crippen LogP contribution in [-0.2, 0) is 11.8 Å². The number of anilines is 2. The minimum Gasteiger partial charge on any atom is -0.489 e. The van der Waals surface area contributed by atoms with Crippen LogP contribution >= 0.6 is 0 Å². The summed E-state index contributed by atoms with van der Waals surface area (Å²) in [4.78, 5) is 36.9. The standard InChI is InChI=1S/C35H47N11O6/c1-24(30-23-39-43(3)34(30)46(47)48)51-27-18-29-31(36-20-27)19-32(45-13-15-49-16-14-45)41-33(29)52-26-6-4-25(5-7-26)40-35-37-21-28(22-38-35)50-17-12-44-10-8-42(2)9-11-44/h18-26H,4-17H2,1-3H3,(H,37,38,40). The molecule has 0 radical (unpaired) electrons. The van der Waals surface area contributed by atoms with Gasteiger partial charge in [0.2, 0.25) is 11.8 Å². The first-order valence-corrected chi connectivity index (χ1v) is 18.0. The van der Waals surface area contributed by atoms with Gasteiger partial charge in [0.15, 0.2) is 5.75 Å². The molecule has 3 fully saturated rings. The van der Waals surface area contributed by atoms with Crippen molar-refractivity contribution in [2.75, 3.05) is 82.9 Å². The summed E-state index contributed by atoms with van der Waals surface area (Å²) in [7, 11) is 3.69. The Kier molecular flexibility index (Phi) is 11.1. The molecule has 1 aliphatic carbocycles. The van der Waals surface area contributed by atoms with Crippen molar-refractivity contribution >= 4 is 28.5 Å². The van der Waals surface area contributed by atoms with E-state index in [9.17, 15) is 10.1 Å². The fraction of sp³-hybridized carbons (Fsp3) is 0.571. The largest absolute Gasteiger partial charge is 0.489 e. The van der Waals surface area contributed by atoms with Crippen LogP contribution in [0.5, 0.6) is 17.4 Å². The van der Waals surface area contributed by atoms with E-state index in [0.717, 1.165) is 82.8 Å². The van der Waals surface area contributed by atoms with Gasteiger partial charge in [-0.3, -0.25) is 9.88 Å². The summed E-state index contributed by atoms with van der Waals surface area (Å²) in [5.74, 6) is 2.86. The Bertz CT molecular complexity index is 1800. The second-order valence-corrected chi connectivity index (χ2v) is 13.7.